The summed E-state index contributed by atoms with van der Waals surface area (Å²) in [6, 6.07) is 6.11. The maximum Gasteiger partial charge on any atom is 0.292 e. The highest BCUT2D eigenvalue weighted by Crippen LogP contribution is 2.29. The fraction of sp³-hybridized carbons (Fsp3) is 0.571. The molecule has 1 amide bonds. The van der Waals surface area contributed by atoms with Crippen molar-refractivity contribution >= 4 is 35.0 Å². The molecule has 2 fully saturated rings. The van der Waals surface area contributed by atoms with E-state index in [1.165, 1.54) is 23.9 Å². The lowest BCUT2D eigenvalue weighted by Gasteiger charge is -2.31. The van der Waals surface area contributed by atoms with Crippen LogP contribution >= 0.6 is 11.8 Å². The summed E-state index contributed by atoms with van der Waals surface area (Å²) in [6.45, 7) is 5.57. The number of nitrogens with one attached hydrogen (secondary N) is 1. The first kappa shape index (κ1) is 22.5. The van der Waals surface area contributed by atoms with Crippen LogP contribution in [0.1, 0.15) is 32.6 Å². The molecule has 172 valence electrons. The van der Waals surface area contributed by atoms with Gasteiger partial charge in [0.15, 0.2) is 5.16 Å². The van der Waals surface area contributed by atoms with E-state index in [2.05, 4.69) is 31.9 Å². The number of amides is 1. The van der Waals surface area contributed by atoms with Crippen LogP contribution in [-0.2, 0) is 16.1 Å². The lowest BCUT2D eigenvalue weighted by Crippen LogP contribution is -2.35. The van der Waals surface area contributed by atoms with Gasteiger partial charge in [0.2, 0.25) is 11.9 Å². The lowest BCUT2D eigenvalue weighted by molar-refractivity contribution is -0.383. The molecule has 1 aromatic carbocycles. The Morgan fingerprint density at radius 3 is 2.78 bits per heavy atom. The van der Waals surface area contributed by atoms with Gasteiger partial charge in [-0.1, -0.05) is 30.8 Å². The van der Waals surface area contributed by atoms with Crippen molar-refractivity contribution in [3.63, 3.8) is 0 Å². The second-order valence-corrected chi connectivity index (χ2v) is 9.25. The number of carbonyl (C=O) groups excluding carboxylic acids is 1. The van der Waals surface area contributed by atoms with Crippen molar-refractivity contribution in [3.8, 4) is 0 Å². The predicted octanol–water partition coefficient (Wildman–Crippen LogP) is 3.33. The molecule has 4 rings (SSSR count). The van der Waals surface area contributed by atoms with Crippen LogP contribution in [0.25, 0.3) is 0 Å². The van der Waals surface area contributed by atoms with Gasteiger partial charge in [-0.05, 0) is 37.7 Å². The molecule has 2 saturated heterocycles. The maximum atomic E-state index is 12.5. The van der Waals surface area contributed by atoms with Crippen LogP contribution in [0, 0.1) is 16.0 Å². The molecule has 0 radical (unpaired) electrons. The summed E-state index contributed by atoms with van der Waals surface area (Å²) in [7, 11) is 0. The molecule has 10 nitrogen and oxygen atoms in total. The topological polar surface area (TPSA) is 115 Å². The van der Waals surface area contributed by atoms with Gasteiger partial charge in [0.05, 0.1) is 23.3 Å². The van der Waals surface area contributed by atoms with Crippen LogP contribution in [-0.4, -0.2) is 57.1 Å². The van der Waals surface area contributed by atoms with E-state index in [0.29, 0.717) is 17.6 Å². The van der Waals surface area contributed by atoms with Crippen LogP contribution in [0.3, 0.4) is 0 Å². The number of aromatic nitrogens is 3. The number of nitrogens with zero attached hydrogens (tertiary/aromatic N) is 5. The van der Waals surface area contributed by atoms with Crippen molar-refractivity contribution in [2.75, 3.05) is 35.7 Å². The van der Waals surface area contributed by atoms with Gasteiger partial charge in [-0.15, -0.1) is 10.2 Å². The molecule has 1 unspecified atom stereocenters. The average Bonchev–Trinajstić information content (AvgIpc) is 3.44. The standard InChI is InChI=1S/C21H28N6O4S/c1-15-8-10-25(11-9-15)20-23-24-21(26(20)13-16-5-4-12-31-16)32-14-19(28)22-17-6-2-3-7-18(17)27(29)30/h2-3,6-7,15-16H,4-5,8-14H2,1H3,(H,22,28). The molecule has 11 heteroatoms. The number of piperidine rings is 1. The van der Waals surface area contributed by atoms with Gasteiger partial charge in [-0.2, -0.15) is 0 Å². The molecule has 1 aromatic heterocycles. The van der Waals surface area contributed by atoms with Crippen molar-refractivity contribution < 1.29 is 14.5 Å². The van der Waals surface area contributed by atoms with Crippen molar-refractivity contribution in [2.24, 2.45) is 5.92 Å². The number of ether oxygens (including phenoxy) is 1. The normalized spacial score (nSPS) is 19.3. The third-order valence-corrected chi connectivity index (χ3v) is 6.85. The highest BCUT2D eigenvalue weighted by molar-refractivity contribution is 7.99. The van der Waals surface area contributed by atoms with Crippen LogP contribution in [0.5, 0.6) is 0 Å². The Kier molecular flexibility index (Phi) is 7.26. The van der Waals surface area contributed by atoms with Crippen LogP contribution < -0.4 is 10.2 Å². The Bertz CT molecular complexity index is 954. The Hall–Kier alpha value is -2.66. The minimum Gasteiger partial charge on any atom is -0.376 e. The molecule has 0 spiro atoms. The quantitative estimate of drug-likeness (QED) is 0.362. The van der Waals surface area contributed by atoms with E-state index in [9.17, 15) is 14.9 Å². The number of rotatable bonds is 8. The number of anilines is 2. The first-order valence-electron chi connectivity index (χ1n) is 11.0. The summed E-state index contributed by atoms with van der Waals surface area (Å²) < 4.78 is 7.90. The molecule has 2 aliphatic heterocycles. The number of nitro groups is 1. The van der Waals surface area contributed by atoms with Gasteiger partial charge in [0, 0.05) is 25.8 Å². The van der Waals surface area contributed by atoms with Gasteiger partial charge in [0.25, 0.3) is 5.69 Å². The Morgan fingerprint density at radius 2 is 2.06 bits per heavy atom. The van der Waals surface area contributed by atoms with Crippen LogP contribution in [0.15, 0.2) is 29.4 Å². The van der Waals surface area contributed by atoms with Crippen molar-refractivity contribution in [3.05, 3.63) is 34.4 Å². The zero-order valence-corrected chi connectivity index (χ0v) is 18.9. The molecule has 0 bridgehead atoms. The van der Waals surface area contributed by atoms with E-state index in [-0.39, 0.29) is 29.1 Å². The second-order valence-electron chi connectivity index (χ2n) is 8.31. The molecule has 2 aliphatic rings. The third kappa shape index (κ3) is 5.39. The maximum absolute atomic E-state index is 12.5. The zero-order chi connectivity index (χ0) is 22.5. The van der Waals surface area contributed by atoms with Crippen LogP contribution in [0.4, 0.5) is 17.3 Å². The molecule has 1 N–H and O–H groups in total. The fourth-order valence-electron chi connectivity index (χ4n) is 4.04. The molecule has 0 aliphatic carbocycles. The molecular weight excluding hydrogens is 432 g/mol. The van der Waals surface area contributed by atoms with Gasteiger partial charge >= 0.3 is 0 Å². The van der Waals surface area contributed by atoms with E-state index in [4.69, 9.17) is 4.74 Å². The number of para-hydroxylation sites is 2. The molecule has 32 heavy (non-hydrogen) atoms. The first-order valence-corrected chi connectivity index (χ1v) is 12.0. The number of carbonyl (C=O) groups is 1. The van der Waals surface area contributed by atoms with Crippen LogP contribution in [0.2, 0.25) is 0 Å². The molecular formula is C21H28N6O4S. The second kappa shape index (κ2) is 10.3. The van der Waals surface area contributed by atoms with E-state index in [1.807, 2.05) is 0 Å². The number of benzene rings is 1. The van der Waals surface area contributed by atoms with Gasteiger partial charge in [0.1, 0.15) is 5.69 Å². The van der Waals surface area contributed by atoms with Crippen molar-refractivity contribution in [2.45, 2.75) is 50.4 Å². The van der Waals surface area contributed by atoms with Crippen molar-refractivity contribution in [1.82, 2.24) is 14.8 Å². The molecule has 1 atom stereocenters. The van der Waals surface area contributed by atoms with E-state index < -0.39 is 4.92 Å². The molecule has 3 heterocycles. The molecule has 2 aromatic rings. The molecule has 0 saturated carbocycles. The highest BCUT2D eigenvalue weighted by atomic mass is 32.2. The SMILES string of the molecule is CC1CCN(c2nnc(SCC(=O)Nc3ccccc3[N+](=O)[O-])n2CC2CCCO2)CC1. The number of hydrogen-bond donors (Lipinski definition) is 1. The monoisotopic (exact) mass is 460 g/mol. The van der Waals surface area contributed by atoms with Gasteiger partial charge < -0.3 is 15.0 Å². The van der Waals surface area contributed by atoms with E-state index in [0.717, 1.165) is 51.3 Å². The smallest absolute Gasteiger partial charge is 0.292 e. The zero-order valence-electron chi connectivity index (χ0n) is 18.1. The summed E-state index contributed by atoms with van der Waals surface area (Å²) in [4.78, 5) is 25.4. The highest BCUT2D eigenvalue weighted by Gasteiger charge is 2.26. The number of thioether (sulfide) groups is 1. The van der Waals surface area contributed by atoms with Gasteiger partial charge in [-0.25, -0.2) is 0 Å². The van der Waals surface area contributed by atoms with Gasteiger partial charge in [-0.3, -0.25) is 19.5 Å². The lowest BCUT2D eigenvalue weighted by atomic mass is 10.00. The first-order chi connectivity index (χ1) is 15.5. The fourth-order valence-corrected chi connectivity index (χ4v) is 4.78. The number of nitro benzene ring substituents is 1. The Labute approximate surface area is 190 Å². The summed E-state index contributed by atoms with van der Waals surface area (Å²) in [6.07, 6.45) is 4.40. The summed E-state index contributed by atoms with van der Waals surface area (Å²) >= 11 is 1.28. The summed E-state index contributed by atoms with van der Waals surface area (Å²) in [5.74, 6) is 1.28. The Balaban J connectivity index is 1.45. The predicted molar refractivity (Wildman–Crippen MR) is 122 cm³/mol. The van der Waals surface area contributed by atoms with E-state index in [1.54, 1.807) is 12.1 Å². The van der Waals surface area contributed by atoms with Crippen molar-refractivity contribution in [1.29, 1.82) is 0 Å². The minimum absolute atomic E-state index is 0.0761. The number of hydrogen-bond acceptors (Lipinski definition) is 8. The summed E-state index contributed by atoms with van der Waals surface area (Å²) in [5, 5.41) is 23.3. The minimum atomic E-state index is -0.507. The average molecular weight is 461 g/mol. The van der Waals surface area contributed by atoms with E-state index >= 15 is 0 Å². The largest absolute Gasteiger partial charge is 0.376 e. The third-order valence-electron chi connectivity index (χ3n) is 5.88. The summed E-state index contributed by atoms with van der Waals surface area (Å²) in [5.41, 5.74) is 0.0565. The Morgan fingerprint density at radius 1 is 1.28 bits per heavy atom.